The number of anilines is 3. The highest BCUT2D eigenvalue weighted by molar-refractivity contribution is 7.13. The molecule has 2 aromatic carbocycles. The topological polar surface area (TPSA) is 116 Å². The van der Waals surface area contributed by atoms with Crippen LogP contribution in [0.5, 0.6) is 11.5 Å². The quantitative estimate of drug-likeness (QED) is 0.523. The number of nitrogens with two attached hydrogens (primary N) is 1. The molecule has 29 heavy (non-hydrogen) atoms. The first-order chi connectivity index (χ1) is 14.0. The van der Waals surface area contributed by atoms with E-state index in [1.165, 1.54) is 11.3 Å². The predicted molar refractivity (Wildman–Crippen MR) is 112 cm³/mol. The van der Waals surface area contributed by atoms with E-state index in [-0.39, 0.29) is 17.9 Å². The third kappa shape index (κ3) is 5.02. The second-order valence-corrected chi connectivity index (χ2v) is 6.83. The summed E-state index contributed by atoms with van der Waals surface area (Å²) in [5.41, 5.74) is 7.26. The summed E-state index contributed by atoms with van der Waals surface area (Å²) < 4.78 is 10.6. The first-order valence-electron chi connectivity index (χ1n) is 8.62. The van der Waals surface area contributed by atoms with Crippen LogP contribution in [0.15, 0.2) is 47.8 Å². The van der Waals surface area contributed by atoms with Gasteiger partial charge in [-0.25, -0.2) is 4.98 Å². The van der Waals surface area contributed by atoms with Crippen molar-refractivity contribution in [3.63, 3.8) is 0 Å². The fourth-order valence-electron chi connectivity index (χ4n) is 2.64. The van der Waals surface area contributed by atoms with E-state index in [1.54, 1.807) is 62.1 Å². The minimum atomic E-state index is -0.603. The number of amides is 2. The van der Waals surface area contributed by atoms with Gasteiger partial charge in [0.25, 0.3) is 5.91 Å². The summed E-state index contributed by atoms with van der Waals surface area (Å²) in [5.74, 6) is 0.420. The molecule has 0 radical (unpaired) electrons. The van der Waals surface area contributed by atoms with Gasteiger partial charge in [-0.3, -0.25) is 9.59 Å². The second kappa shape index (κ2) is 9.07. The van der Waals surface area contributed by atoms with E-state index in [0.717, 1.165) is 0 Å². The fourth-order valence-corrected chi connectivity index (χ4v) is 3.36. The Labute approximate surface area is 171 Å². The van der Waals surface area contributed by atoms with Gasteiger partial charge in [-0.2, -0.15) is 0 Å². The van der Waals surface area contributed by atoms with Crippen molar-refractivity contribution >= 4 is 39.7 Å². The van der Waals surface area contributed by atoms with Crippen molar-refractivity contribution in [3.8, 4) is 11.5 Å². The van der Waals surface area contributed by atoms with Crippen molar-refractivity contribution < 1.29 is 19.1 Å². The molecule has 0 bridgehead atoms. The van der Waals surface area contributed by atoms with E-state index in [2.05, 4.69) is 15.6 Å². The monoisotopic (exact) mass is 412 g/mol. The van der Waals surface area contributed by atoms with Crippen LogP contribution in [0.3, 0.4) is 0 Å². The molecule has 0 aliphatic heterocycles. The van der Waals surface area contributed by atoms with Gasteiger partial charge in [0, 0.05) is 11.4 Å². The number of thiazole rings is 1. The van der Waals surface area contributed by atoms with Crippen LogP contribution in [0, 0.1) is 0 Å². The highest BCUT2D eigenvalue weighted by atomic mass is 32.1. The lowest BCUT2D eigenvalue weighted by Gasteiger charge is -2.10. The molecule has 2 amide bonds. The predicted octanol–water partition coefficient (Wildman–Crippen LogP) is 3.18. The summed E-state index contributed by atoms with van der Waals surface area (Å²) >= 11 is 1.36. The number of benzene rings is 2. The molecular weight excluding hydrogens is 392 g/mol. The van der Waals surface area contributed by atoms with Crippen LogP contribution in [0.2, 0.25) is 0 Å². The molecule has 0 saturated carbocycles. The van der Waals surface area contributed by atoms with Gasteiger partial charge in [0.05, 0.1) is 43.3 Å². The maximum absolute atomic E-state index is 12.4. The summed E-state index contributed by atoms with van der Waals surface area (Å²) in [6.07, 6.45) is 0.0561. The minimum Gasteiger partial charge on any atom is -0.497 e. The molecular formula is C20H20N4O4S. The molecule has 0 atom stereocenters. The molecule has 0 unspecified atom stereocenters. The summed E-state index contributed by atoms with van der Waals surface area (Å²) in [5, 5.41) is 8.27. The summed E-state index contributed by atoms with van der Waals surface area (Å²) in [6.45, 7) is 0. The van der Waals surface area contributed by atoms with Gasteiger partial charge in [0.2, 0.25) is 5.91 Å². The lowest BCUT2D eigenvalue weighted by Crippen LogP contribution is -2.19. The van der Waals surface area contributed by atoms with Crippen LogP contribution in [-0.2, 0) is 11.2 Å². The van der Waals surface area contributed by atoms with Crippen LogP contribution in [-0.4, -0.2) is 31.0 Å². The molecule has 9 heteroatoms. The molecule has 3 rings (SSSR count). The Bertz CT molecular complexity index is 1030. The zero-order valence-electron chi connectivity index (χ0n) is 15.9. The molecule has 0 aliphatic rings. The standard InChI is InChI=1S/C20H20N4O4S/c1-27-13-7-8-17(28-2)16(10-13)24-20-22-12(11-29-20)9-18(25)23-15-6-4-3-5-14(15)19(21)26/h3-8,10-11H,9H2,1-2H3,(H2,21,26)(H,22,24)(H,23,25). The van der Waals surface area contributed by atoms with E-state index >= 15 is 0 Å². The molecule has 0 spiro atoms. The number of carbonyl (C=O) groups excluding carboxylic acids is 2. The van der Waals surface area contributed by atoms with Crippen LogP contribution >= 0.6 is 11.3 Å². The van der Waals surface area contributed by atoms with E-state index < -0.39 is 5.91 Å². The number of methoxy groups -OCH3 is 2. The minimum absolute atomic E-state index is 0.0561. The first-order valence-corrected chi connectivity index (χ1v) is 9.50. The Morgan fingerprint density at radius 3 is 2.62 bits per heavy atom. The van der Waals surface area contributed by atoms with Crippen molar-refractivity contribution in [2.45, 2.75) is 6.42 Å². The molecule has 4 N–H and O–H groups in total. The van der Waals surface area contributed by atoms with Gasteiger partial charge in [-0.15, -0.1) is 11.3 Å². The van der Waals surface area contributed by atoms with Gasteiger partial charge in [0.1, 0.15) is 11.5 Å². The van der Waals surface area contributed by atoms with Crippen LogP contribution in [0.25, 0.3) is 0 Å². The number of nitrogens with one attached hydrogen (secondary N) is 2. The smallest absolute Gasteiger partial charge is 0.250 e. The third-order valence-corrected chi connectivity index (χ3v) is 4.81. The van der Waals surface area contributed by atoms with Crippen molar-refractivity contribution in [3.05, 3.63) is 59.1 Å². The number of primary amides is 1. The van der Waals surface area contributed by atoms with E-state index in [0.29, 0.717) is 33.7 Å². The van der Waals surface area contributed by atoms with Gasteiger partial charge < -0.3 is 25.8 Å². The largest absolute Gasteiger partial charge is 0.497 e. The number of rotatable bonds is 8. The molecule has 8 nitrogen and oxygen atoms in total. The first kappa shape index (κ1) is 20.2. The second-order valence-electron chi connectivity index (χ2n) is 5.97. The molecule has 3 aromatic rings. The Kier molecular flexibility index (Phi) is 6.30. The zero-order chi connectivity index (χ0) is 20.8. The zero-order valence-corrected chi connectivity index (χ0v) is 16.7. The Balaban J connectivity index is 1.68. The molecule has 150 valence electrons. The summed E-state index contributed by atoms with van der Waals surface area (Å²) in [7, 11) is 3.16. The number of para-hydroxylation sites is 1. The molecule has 1 aromatic heterocycles. The average molecular weight is 412 g/mol. The number of ether oxygens (including phenoxy) is 2. The van der Waals surface area contributed by atoms with Gasteiger partial charge in [-0.1, -0.05) is 12.1 Å². The Morgan fingerprint density at radius 2 is 1.90 bits per heavy atom. The lowest BCUT2D eigenvalue weighted by molar-refractivity contribution is -0.115. The van der Waals surface area contributed by atoms with Crippen LogP contribution in [0.4, 0.5) is 16.5 Å². The number of hydrogen-bond donors (Lipinski definition) is 3. The van der Waals surface area contributed by atoms with Crippen LogP contribution in [0.1, 0.15) is 16.1 Å². The van der Waals surface area contributed by atoms with Crippen LogP contribution < -0.4 is 25.8 Å². The highest BCUT2D eigenvalue weighted by Gasteiger charge is 2.13. The van der Waals surface area contributed by atoms with Gasteiger partial charge in [-0.05, 0) is 24.3 Å². The van der Waals surface area contributed by atoms with E-state index in [4.69, 9.17) is 15.2 Å². The molecule has 0 aliphatic carbocycles. The Morgan fingerprint density at radius 1 is 1.10 bits per heavy atom. The van der Waals surface area contributed by atoms with Crippen molar-refractivity contribution in [1.29, 1.82) is 0 Å². The highest BCUT2D eigenvalue weighted by Crippen LogP contribution is 2.32. The van der Waals surface area contributed by atoms with Gasteiger partial charge >= 0.3 is 0 Å². The van der Waals surface area contributed by atoms with Crippen molar-refractivity contribution in [2.24, 2.45) is 5.73 Å². The third-order valence-electron chi connectivity index (χ3n) is 4.01. The van der Waals surface area contributed by atoms with Gasteiger partial charge in [0.15, 0.2) is 5.13 Å². The normalized spacial score (nSPS) is 10.3. The number of hydrogen-bond acceptors (Lipinski definition) is 7. The Hall–Kier alpha value is -3.59. The lowest BCUT2D eigenvalue weighted by atomic mass is 10.1. The number of nitrogens with zero attached hydrogens (tertiary/aromatic N) is 1. The van der Waals surface area contributed by atoms with Crippen molar-refractivity contribution in [2.75, 3.05) is 24.9 Å². The summed E-state index contributed by atoms with van der Waals surface area (Å²) in [6, 6.07) is 12.0. The van der Waals surface area contributed by atoms with E-state index in [9.17, 15) is 9.59 Å². The fraction of sp³-hybridized carbons (Fsp3) is 0.150. The number of aromatic nitrogens is 1. The average Bonchev–Trinajstić information content (AvgIpc) is 3.14. The molecule has 1 heterocycles. The maximum atomic E-state index is 12.4. The molecule has 0 saturated heterocycles. The summed E-state index contributed by atoms with van der Waals surface area (Å²) in [4.78, 5) is 28.3. The number of carbonyl (C=O) groups is 2. The molecule has 0 fully saturated rings. The SMILES string of the molecule is COc1ccc(OC)c(Nc2nc(CC(=O)Nc3ccccc3C(N)=O)cs2)c1. The van der Waals surface area contributed by atoms with E-state index in [1.807, 2.05) is 0 Å². The maximum Gasteiger partial charge on any atom is 0.250 e. The van der Waals surface area contributed by atoms with Crippen molar-refractivity contribution in [1.82, 2.24) is 4.98 Å².